The van der Waals surface area contributed by atoms with Crippen LogP contribution in [0.15, 0.2) is 17.5 Å². The van der Waals surface area contributed by atoms with E-state index in [9.17, 15) is 4.79 Å². The third-order valence-electron chi connectivity index (χ3n) is 2.35. The minimum atomic E-state index is -0.942. The molecule has 1 aliphatic carbocycles. The van der Waals surface area contributed by atoms with Gasteiger partial charge in [-0.3, -0.25) is 4.99 Å². The van der Waals surface area contributed by atoms with Gasteiger partial charge in [0.05, 0.1) is 6.33 Å². The Kier molecular flexibility index (Phi) is 3.90. The summed E-state index contributed by atoms with van der Waals surface area (Å²) in [7, 11) is 0. The first-order chi connectivity index (χ1) is 8.25. The Hall–Kier alpha value is -1.65. The Balaban J connectivity index is 1.94. The van der Waals surface area contributed by atoms with Gasteiger partial charge in [-0.15, -0.1) is 0 Å². The summed E-state index contributed by atoms with van der Waals surface area (Å²) in [5.74, 6) is -0.0386. The highest BCUT2D eigenvalue weighted by Crippen LogP contribution is 2.21. The van der Waals surface area contributed by atoms with Crippen LogP contribution >= 0.6 is 0 Å². The van der Waals surface area contributed by atoms with Gasteiger partial charge in [-0.05, 0) is 25.7 Å². The fourth-order valence-electron chi connectivity index (χ4n) is 1.46. The van der Waals surface area contributed by atoms with E-state index in [4.69, 9.17) is 5.11 Å². The van der Waals surface area contributed by atoms with Crippen LogP contribution in [0, 0.1) is 31.6 Å². The van der Waals surface area contributed by atoms with Crippen molar-refractivity contribution in [1.29, 1.82) is 0 Å². The molecule has 0 unspecified atom stereocenters. The van der Waals surface area contributed by atoms with Crippen LogP contribution in [0.5, 0.6) is 0 Å². The summed E-state index contributed by atoms with van der Waals surface area (Å²) in [6.07, 6.45) is 12.5. The van der Waals surface area contributed by atoms with E-state index in [0.717, 1.165) is 11.6 Å². The molecule has 0 bridgehead atoms. The van der Waals surface area contributed by atoms with Crippen molar-refractivity contribution in [1.82, 2.24) is 9.97 Å². The molecule has 0 aliphatic heterocycles. The first kappa shape index (κ1) is 11.8. The molecule has 1 aromatic rings. The summed E-state index contributed by atoms with van der Waals surface area (Å²) in [5, 5.41) is 9.05. The van der Waals surface area contributed by atoms with Gasteiger partial charge in [0, 0.05) is 30.4 Å². The van der Waals surface area contributed by atoms with E-state index in [1.807, 2.05) is 25.7 Å². The molecule has 2 rings (SSSR count). The van der Waals surface area contributed by atoms with Crippen LogP contribution in [0.25, 0.3) is 0 Å². The lowest BCUT2D eigenvalue weighted by Gasteiger charge is -2.06. The Morgan fingerprint density at radius 1 is 1.53 bits per heavy atom. The lowest BCUT2D eigenvalue weighted by atomic mass is 10.1. The molecule has 0 amide bonds. The van der Waals surface area contributed by atoms with Crippen LogP contribution in [0.3, 0.4) is 0 Å². The molecule has 1 heterocycles. The molecule has 0 spiro atoms. The van der Waals surface area contributed by atoms with E-state index in [-0.39, 0.29) is 0 Å². The number of hydrogen-bond donors (Lipinski definition) is 2. The molecular weight excluding hydrogens is 218 g/mol. The van der Waals surface area contributed by atoms with Crippen molar-refractivity contribution in [2.45, 2.75) is 12.5 Å². The number of imidazole rings is 1. The second-order valence-corrected chi connectivity index (χ2v) is 3.63. The number of carboxylic acid groups (broad SMARTS) is 1. The summed E-state index contributed by atoms with van der Waals surface area (Å²) < 4.78 is 0. The third-order valence-corrected chi connectivity index (χ3v) is 2.35. The maximum Gasteiger partial charge on any atom is 0.328 e. The number of nitrogens with one attached hydrogen (secondary N) is 1. The molecule has 5 heteroatoms. The maximum absolute atomic E-state index is 11.0. The third kappa shape index (κ3) is 3.41. The van der Waals surface area contributed by atoms with Gasteiger partial charge in [-0.2, -0.15) is 0 Å². The molecule has 5 nitrogen and oxygen atoms in total. The van der Waals surface area contributed by atoms with E-state index in [1.165, 1.54) is 6.33 Å². The largest absolute Gasteiger partial charge is 0.480 e. The Morgan fingerprint density at radius 3 is 2.88 bits per heavy atom. The van der Waals surface area contributed by atoms with Crippen LogP contribution in [0.4, 0.5) is 0 Å². The lowest BCUT2D eigenvalue weighted by Crippen LogP contribution is -2.21. The van der Waals surface area contributed by atoms with Gasteiger partial charge in [-0.25, -0.2) is 9.78 Å². The monoisotopic (exact) mass is 230 g/mol. The van der Waals surface area contributed by atoms with E-state index in [2.05, 4.69) is 15.0 Å². The molecule has 0 aromatic carbocycles. The summed E-state index contributed by atoms with van der Waals surface area (Å²) in [6, 6.07) is -0.787. The van der Waals surface area contributed by atoms with Gasteiger partial charge in [0.2, 0.25) is 0 Å². The predicted molar refractivity (Wildman–Crippen MR) is 62.7 cm³/mol. The van der Waals surface area contributed by atoms with Crippen LogP contribution in [-0.2, 0) is 11.2 Å². The second kappa shape index (κ2) is 5.61. The normalized spacial score (nSPS) is 18.8. The lowest BCUT2D eigenvalue weighted by molar-refractivity contribution is -0.138. The number of rotatable bonds is 5. The topological polar surface area (TPSA) is 78.3 Å². The highest BCUT2D eigenvalue weighted by atomic mass is 16.4. The van der Waals surface area contributed by atoms with E-state index in [1.54, 1.807) is 12.4 Å². The molecule has 17 heavy (non-hydrogen) atoms. The van der Waals surface area contributed by atoms with Gasteiger partial charge in [-0.1, -0.05) is 0 Å². The second-order valence-electron chi connectivity index (χ2n) is 3.63. The highest BCUT2D eigenvalue weighted by Gasteiger charge is 2.19. The van der Waals surface area contributed by atoms with Crippen LogP contribution in [-0.4, -0.2) is 33.3 Å². The zero-order valence-corrected chi connectivity index (χ0v) is 9.08. The summed E-state index contributed by atoms with van der Waals surface area (Å²) in [5.41, 5.74) is 0.761. The van der Waals surface area contributed by atoms with Crippen LogP contribution in [0.1, 0.15) is 5.69 Å². The van der Waals surface area contributed by atoms with Crippen LogP contribution in [0.2, 0.25) is 0 Å². The zero-order chi connectivity index (χ0) is 12.1. The molecule has 1 saturated carbocycles. The molecule has 5 radical (unpaired) electrons. The molecule has 1 aromatic heterocycles. The predicted octanol–water partition coefficient (Wildman–Crippen LogP) is 0.881. The van der Waals surface area contributed by atoms with Gasteiger partial charge >= 0.3 is 5.97 Å². The van der Waals surface area contributed by atoms with Crippen molar-refractivity contribution in [3.63, 3.8) is 0 Å². The Labute approximate surface area is 100.0 Å². The maximum atomic E-state index is 11.0. The number of carbonyl (C=O) groups is 1. The quantitative estimate of drug-likeness (QED) is 0.737. The molecule has 0 saturated heterocycles. The standard InChI is InChI=1S/C12H12N3O2/c16-12(17)11(5-10-7-13-8-15-10)14-6-9-3-1-2-4-9/h1-4,6-8,11H,5H2,(H,13,15)(H,16,17)/t11-/m0/s1. The van der Waals surface area contributed by atoms with E-state index < -0.39 is 12.0 Å². The van der Waals surface area contributed by atoms with Gasteiger partial charge < -0.3 is 10.1 Å². The van der Waals surface area contributed by atoms with Crippen molar-refractivity contribution in [3.8, 4) is 0 Å². The smallest absolute Gasteiger partial charge is 0.328 e. The first-order valence-electron chi connectivity index (χ1n) is 5.20. The van der Waals surface area contributed by atoms with Crippen molar-refractivity contribution >= 4 is 12.2 Å². The SMILES string of the molecule is O=C(O)[C@H](Cc1cnc[nH]1)N=C[C]1[CH][CH][CH][CH]1. The highest BCUT2D eigenvalue weighted by molar-refractivity contribution is 5.85. The fraction of sp³-hybridized carbons (Fsp3) is 0.167. The number of aliphatic carboxylic acids is 1. The first-order valence-corrected chi connectivity index (χ1v) is 5.20. The van der Waals surface area contributed by atoms with Crippen molar-refractivity contribution in [3.05, 3.63) is 49.8 Å². The number of nitrogens with zero attached hydrogens (tertiary/aromatic N) is 2. The summed E-state index contributed by atoms with van der Waals surface area (Å²) in [6.45, 7) is 0. The average molecular weight is 230 g/mol. The average Bonchev–Trinajstić information content (AvgIpc) is 2.97. The molecular formula is C12H12N3O2. The van der Waals surface area contributed by atoms with Gasteiger partial charge in [0.15, 0.2) is 6.04 Å². The zero-order valence-electron chi connectivity index (χ0n) is 9.08. The molecule has 2 N–H and O–H groups in total. The minimum absolute atomic E-state index is 0.312. The van der Waals surface area contributed by atoms with Gasteiger partial charge in [0.25, 0.3) is 0 Å². The number of H-pyrrole nitrogens is 1. The Bertz CT molecular complexity index is 380. The van der Waals surface area contributed by atoms with Crippen molar-refractivity contribution in [2.75, 3.05) is 0 Å². The molecule has 87 valence electrons. The molecule has 1 fully saturated rings. The van der Waals surface area contributed by atoms with Crippen molar-refractivity contribution < 1.29 is 9.90 Å². The van der Waals surface area contributed by atoms with Crippen molar-refractivity contribution in [2.24, 2.45) is 4.99 Å². The number of aromatic amines is 1. The number of carboxylic acids is 1. The number of hydrogen-bond acceptors (Lipinski definition) is 3. The summed E-state index contributed by atoms with van der Waals surface area (Å²) in [4.78, 5) is 21.8. The van der Waals surface area contributed by atoms with Crippen LogP contribution < -0.4 is 0 Å². The molecule has 1 aliphatic rings. The molecule has 1 atom stereocenters. The minimum Gasteiger partial charge on any atom is -0.480 e. The Morgan fingerprint density at radius 2 is 2.29 bits per heavy atom. The number of aliphatic imine (C=N–C) groups is 1. The van der Waals surface area contributed by atoms with Gasteiger partial charge in [0.1, 0.15) is 0 Å². The van der Waals surface area contributed by atoms with E-state index >= 15 is 0 Å². The summed E-state index contributed by atoms with van der Waals surface area (Å²) >= 11 is 0. The number of aromatic nitrogens is 2. The van der Waals surface area contributed by atoms with E-state index in [0.29, 0.717) is 6.42 Å². The fourth-order valence-corrected chi connectivity index (χ4v) is 1.46.